The van der Waals surface area contributed by atoms with Crippen LogP contribution in [-0.4, -0.2) is 20.4 Å². The highest BCUT2D eigenvalue weighted by molar-refractivity contribution is 7.89. The van der Waals surface area contributed by atoms with Crippen molar-refractivity contribution in [2.24, 2.45) is 5.92 Å². The number of sulfonamides is 1. The molecule has 0 aliphatic heterocycles. The molecule has 7 heteroatoms. The van der Waals surface area contributed by atoms with Gasteiger partial charge in [-0.3, -0.25) is 4.79 Å². The van der Waals surface area contributed by atoms with E-state index in [1.807, 2.05) is 30.3 Å². The summed E-state index contributed by atoms with van der Waals surface area (Å²) in [6.45, 7) is 0. The minimum atomic E-state index is -3.97. The fraction of sp³-hybridized carbons (Fsp3) is 0.350. The molecule has 2 aliphatic rings. The van der Waals surface area contributed by atoms with Crippen LogP contribution in [-0.2, 0) is 10.0 Å². The van der Waals surface area contributed by atoms with Gasteiger partial charge in [-0.15, -0.1) is 0 Å². The molecule has 2 fully saturated rings. The van der Waals surface area contributed by atoms with E-state index < -0.39 is 26.6 Å². The van der Waals surface area contributed by atoms with Crippen molar-refractivity contribution < 1.29 is 17.6 Å². The lowest BCUT2D eigenvalue weighted by atomic mass is 10.0. The van der Waals surface area contributed by atoms with Crippen molar-refractivity contribution in [1.82, 2.24) is 10.0 Å². The lowest BCUT2D eigenvalue weighted by molar-refractivity contribution is 0.0931. The molecule has 1 atom stereocenters. The summed E-state index contributed by atoms with van der Waals surface area (Å²) in [6.07, 6.45) is 3.57. The van der Waals surface area contributed by atoms with Crippen molar-refractivity contribution in [3.05, 3.63) is 65.5 Å². The van der Waals surface area contributed by atoms with Crippen LogP contribution in [0.1, 0.15) is 47.6 Å². The molecule has 2 aliphatic carbocycles. The lowest BCUT2D eigenvalue weighted by Gasteiger charge is -2.19. The Labute approximate surface area is 158 Å². The minimum absolute atomic E-state index is 0.131. The SMILES string of the molecule is O=C(NC(c1ccccc1)C1CC1)c1ccc(F)c(S(=O)(=O)NC2CC2)c1. The van der Waals surface area contributed by atoms with Gasteiger partial charge in [-0.25, -0.2) is 17.5 Å². The summed E-state index contributed by atoms with van der Waals surface area (Å²) in [6, 6.07) is 12.9. The molecule has 0 heterocycles. The largest absolute Gasteiger partial charge is 0.345 e. The van der Waals surface area contributed by atoms with Crippen LogP contribution in [0.2, 0.25) is 0 Å². The summed E-state index contributed by atoms with van der Waals surface area (Å²) >= 11 is 0. The molecule has 1 amide bonds. The summed E-state index contributed by atoms with van der Waals surface area (Å²) in [5, 5.41) is 2.99. The standard InChI is InChI=1S/C20H21FN2O3S/c21-17-11-8-15(12-18(17)27(25,26)23-16-9-10-16)20(24)22-19(14-6-7-14)13-4-2-1-3-5-13/h1-5,8,11-12,14,16,19,23H,6-7,9-10H2,(H,22,24). The van der Waals surface area contributed by atoms with Gasteiger partial charge in [0.2, 0.25) is 10.0 Å². The van der Waals surface area contributed by atoms with E-state index in [0.717, 1.165) is 43.4 Å². The van der Waals surface area contributed by atoms with E-state index in [4.69, 9.17) is 0 Å². The summed E-state index contributed by atoms with van der Waals surface area (Å²) < 4.78 is 41.3. The first kappa shape index (κ1) is 18.1. The van der Waals surface area contributed by atoms with E-state index >= 15 is 0 Å². The van der Waals surface area contributed by atoms with Crippen molar-refractivity contribution in [3.63, 3.8) is 0 Å². The Bertz CT molecular complexity index is 954. The average Bonchev–Trinajstić information content (AvgIpc) is 3.55. The predicted molar refractivity (Wildman–Crippen MR) is 99.1 cm³/mol. The lowest BCUT2D eigenvalue weighted by Crippen LogP contribution is -2.31. The van der Waals surface area contributed by atoms with Gasteiger partial charge in [-0.05, 0) is 55.4 Å². The summed E-state index contributed by atoms with van der Waals surface area (Å²) in [4.78, 5) is 12.3. The fourth-order valence-electron chi connectivity index (χ4n) is 3.12. The highest BCUT2D eigenvalue weighted by atomic mass is 32.2. The summed E-state index contributed by atoms with van der Waals surface area (Å²) in [5.74, 6) is -0.892. The van der Waals surface area contributed by atoms with Crippen molar-refractivity contribution >= 4 is 15.9 Å². The van der Waals surface area contributed by atoms with E-state index in [-0.39, 0.29) is 17.6 Å². The van der Waals surface area contributed by atoms with Crippen LogP contribution < -0.4 is 10.0 Å². The average molecular weight is 388 g/mol. The first-order chi connectivity index (χ1) is 12.9. The second-order valence-corrected chi connectivity index (χ2v) is 8.92. The first-order valence-corrected chi connectivity index (χ1v) is 10.6. The molecule has 142 valence electrons. The van der Waals surface area contributed by atoms with Crippen LogP contribution in [0.3, 0.4) is 0 Å². The zero-order valence-corrected chi connectivity index (χ0v) is 15.5. The van der Waals surface area contributed by atoms with Crippen molar-refractivity contribution in [2.75, 3.05) is 0 Å². The van der Waals surface area contributed by atoms with Gasteiger partial charge >= 0.3 is 0 Å². The van der Waals surface area contributed by atoms with Gasteiger partial charge in [0.25, 0.3) is 5.91 Å². The van der Waals surface area contributed by atoms with E-state index in [2.05, 4.69) is 10.0 Å². The molecule has 2 aromatic rings. The third kappa shape index (κ3) is 4.20. The Hall–Kier alpha value is -2.25. The molecule has 5 nitrogen and oxygen atoms in total. The monoisotopic (exact) mass is 388 g/mol. The third-order valence-corrected chi connectivity index (χ3v) is 6.46. The van der Waals surface area contributed by atoms with Gasteiger partial charge in [-0.1, -0.05) is 30.3 Å². The number of carbonyl (C=O) groups is 1. The third-order valence-electron chi connectivity index (χ3n) is 4.92. The van der Waals surface area contributed by atoms with Gasteiger partial charge in [0.1, 0.15) is 10.7 Å². The van der Waals surface area contributed by atoms with E-state index in [0.29, 0.717) is 5.92 Å². The normalized spacial score (nSPS) is 18.1. The number of hydrogen-bond donors (Lipinski definition) is 2. The number of benzene rings is 2. The van der Waals surface area contributed by atoms with Crippen LogP contribution in [0.15, 0.2) is 53.4 Å². The van der Waals surface area contributed by atoms with Gasteiger partial charge in [0.15, 0.2) is 0 Å². The molecule has 0 saturated heterocycles. The highest BCUT2D eigenvalue weighted by Gasteiger charge is 2.34. The molecule has 27 heavy (non-hydrogen) atoms. The molecule has 1 unspecified atom stereocenters. The quantitative estimate of drug-likeness (QED) is 0.765. The van der Waals surface area contributed by atoms with Crippen molar-refractivity contribution in [1.29, 1.82) is 0 Å². The number of rotatable bonds is 7. The predicted octanol–water partition coefficient (Wildman–Crippen LogP) is 3.15. The first-order valence-electron chi connectivity index (χ1n) is 9.12. The van der Waals surface area contributed by atoms with Gasteiger partial charge in [0, 0.05) is 11.6 Å². The number of nitrogens with one attached hydrogen (secondary N) is 2. The Morgan fingerprint density at radius 3 is 2.37 bits per heavy atom. The maximum atomic E-state index is 14.1. The molecular formula is C20H21FN2O3S. The molecule has 0 bridgehead atoms. The molecule has 0 radical (unpaired) electrons. The molecule has 2 N–H and O–H groups in total. The second-order valence-electron chi connectivity index (χ2n) is 7.24. The van der Waals surface area contributed by atoms with E-state index in [1.165, 1.54) is 6.07 Å². The molecule has 4 rings (SSSR count). The summed E-state index contributed by atoms with van der Waals surface area (Å²) in [5.41, 5.74) is 1.15. The number of hydrogen-bond acceptors (Lipinski definition) is 3. The zero-order chi connectivity index (χ0) is 19.0. The van der Waals surface area contributed by atoms with E-state index in [9.17, 15) is 17.6 Å². The van der Waals surface area contributed by atoms with Crippen LogP contribution >= 0.6 is 0 Å². The van der Waals surface area contributed by atoms with Gasteiger partial charge < -0.3 is 5.32 Å². The van der Waals surface area contributed by atoms with Crippen molar-refractivity contribution in [3.8, 4) is 0 Å². The molecule has 2 aromatic carbocycles. The number of amides is 1. The highest BCUT2D eigenvalue weighted by Crippen LogP contribution is 2.41. The fourth-order valence-corrected chi connectivity index (χ4v) is 4.53. The maximum Gasteiger partial charge on any atom is 0.251 e. The Morgan fingerprint density at radius 2 is 1.74 bits per heavy atom. The molecule has 0 aromatic heterocycles. The maximum absolute atomic E-state index is 14.1. The smallest absolute Gasteiger partial charge is 0.251 e. The molecule has 0 spiro atoms. The summed E-state index contributed by atoms with van der Waals surface area (Å²) in [7, 11) is -3.97. The number of carbonyl (C=O) groups excluding carboxylic acids is 1. The number of halogens is 1. The van der Waals surface area contributed by atoms with Crippen molar-refractivity contribution in [2.45, 2.75) is 42.7 Å². The Kier molecular flexibility index (Phi) is 4.74. The molecule has 2 saturated carbocycles. The second kappa shape index (κ2) is 7.05. The van der Waals surface area contributed by atoms with Crippen LogP contribution in [0.4, 0.5) is 4.39 Å². The van der Waals surface area contributed by atoms with E-state index in [1.54, 1.807) is 0 Å². The zero-order valence-electron chi connectivity index (χ0n) is 14.7. The van der Waals surface area contributed by atoms with Gasteiger partial charge in [-0.2, -0.15) is 0 Å². The van der Waals surface area contributed by atoms with Gasteiger partial charge in [0.05, 0.1) is 6.04 Å². The van der Waals surface area contributed by atoms with Crippen LogP contribution in [0, 0.1) is 11.7 Å². The Morgan fingerprint density at radius 1 is 1.04 bits per heavy atom. The Balaban J connectivity index is 1.57. The minimum Gasteiger partial charge on any atom is -0.345 e. The molecular weight excluding hydrogens is 367 g/mol. The topological polar surface area (TPSA) is 75.3 Å². The van der Waals surface area contributed by atoms with Crippen LogP contribution in [0.25, 0.3) is 0 Å². The van der Waals surface area contributed by atoms with Crippen LogP contribution in [0.5, 0.6) is 0 Å².